The second-order valence-electron chi connectivity index (χ2n) is 0.920. The molecule has 1 aliphatic rings. The fourth-order valence-corrected chi connectivity index (χ4v) is 0.280. The Morgan fingerprint density at radius 1 is 1.57 bits per heavy atom. The Morgan fingerprint density at radius 2 is 2.29 bits per heavy atom. The van der Waals surface area contributed by atoms with Gasteiger partial charge in [0.1, 0.15) is 0 Å². The fraction of sp³-hybridized carbons (Fsp3) is 0.667. The number of rotatable bonds is 0. The van der Waals surface area contributed by atoms with Crippen LogP contribution in [0.4, 0.5) is 0 Å². The van der Waals surface area contributed by atoms with Gasteiger partial charge < -0.3 is 33.6 Å². The van der Waals surface area contributed by atoms with Gasteiger partial charge in [0.2, 0.25) is 0 Å². The molecular formula is C3H5BrMgN2. The van der Waals surface area contributed by atoms with Crippen LogP contribution in [0.15, 0.2) is 4.99 Å². The first kappa shape index (κ1) is 10.7. The van der Waals surface area contributed by atoms with Gasteiger partial charge in [-0.1, -0.05) is 0 Å². The Bertz CT molecular complexity index is 50.9. The van der Waals surface area contributed by atoms with Crippen molar-refractivity contribution in [3.8, 4) is 0 Å². The summed E-state index contributed by atoms with van der Waals surface area (Å²) >= 11 is 0. The Hall–Kier alpha value is 0.716. The SMILES string of the molecule is [Br-].[C-]1=NCCN1.[Mg+2]. The molecule has 0 bridgehead atoms. The van der Waals surface area contributed by atoms with E-state index in [1.807, 2.05) is 0 Å². The van der Waals surface area contributed by atoms with Gasteiger partial charge in [-0.05, 0) is 0 Å². The van der Waals surface area contributed by atoms with Gasteiger partial charge in [0.25, 0.3) is 0 Å². The molecule has 0 amide bonds. The average Bonchev–Trinajstić information content (AvgIpc) is 1.76. The molecule has 0 aliphatic carbocycles. The number of halogens is 1. The van der Waals surface area contributed by atoms with Crippen molar-refractivity contribution in [3.63, 3.8) is 0 Å². The van der Waals surface area contributed by atoms with E-state index >= 15 is 0 Å². The second-order valence-corrected chi connectivity index (χ2v) is 0.920. The summed E-state index contributed by atoms with van der Waals surface area (Å²) < 4.78 is 0. The molecule has 7 heavy (non-hydrogen) atoms. The van der Waals surface area contributed by atoms with Gasteiger partial charge in [0.05, 0.1) is 0 Å². The summed E-state index contributed by atoms with van der Waals surface area (Å²) in [5.74, 6) is 0. The summed E-state index contributed by atoms with van der Waals surface area (Å²) in [6.45, 7) is 1.88. The van der Waals surface area contributed by atoms with Crippen molar-refractivity contribution in [3.05, 3.63) is 0 Å². The van der Waals surface area contributed by atoms with Crippen LogP contribution in [0.5, 0.6) is 0 Å². The van der Waals surface area contributed by atoms with Gasteiger partial charge in [0, 0.05) is 13.1 Å². The van der Waals surface area contributed by atoms with Crippen molar-refractivity contribution in [1.82, 2.24) is 5.32 Å². The predicted octanol–water partition coefficient (Wildman–Crippen LogP) is -3.88. The monoisotopic (exact) mass is 172 g/mol. The van der Waals surface area contributed by atoms with E-state index in [1.165, 1.54) is 0 Å². The van der Waals surface area contributed by atoms with Crippen molar-refractivity contribution >= 4 is 29.4 Å². The first-order valence-corrected chi connectivity index (χ1v) is 1.64. The van der Waals surface area contributed by atoms with Crippen LogP contribution >= 0.6 is 0 Å². The molecule has 36 valence electrons. The average molecular weight is 173 g/mol. The Kier molecular flexibility index (Phi) is 10.2. The number of hydrogen-bond donors (Lipinski definition) is 1. The van der Waals surface area contributed by atoms with Crippen LogP contribution in [0.1, 0.15) is 0 Å². The third kappa shape index (κ3) is 4.57. The maximum atomic E-state index is 3.72. The number of aliphatic imine (C=N–C) groups is 1. The summed E-state index contributed by atoms with van der Waals surface area (Å²) in [6, 6.07) is 0. The molecule has 0 spiro atoms. The van der Waals surface area contributed by atoms with Crippen molar-refractivity contribution < 1.29 is 17.0 Å². The van der Waals surface area contributed by atoms with E-state index in [4.69, 9.17) is 0 Å². The number of hydrogen-bond acceptors (Lipinski definition) is 2. The first-order chi connectivity index (χ1) is 2.50. The van der Waals surface area contributed by atoms with Gasteiger partial charge in [-0.3, -0.25) is 0 Å². The molecule has 4 heteroatoms. The van der Waals surface area contributed by atoms with Gasteiger partial charge in [0.15, 0.2) is 0 Å². The standard InChI is InChI=1S/C3H5N2.BrH.Mg/c1-2-5-3-4-1;;/h1-2H2,(H,4,5);1H;/q-1;;+2/p-1. The predicted molar refractivity (Wildman–Crippen MR) is 26.1 cm³/mol. The zero-order chi connectivity index (χ0) is 3.54. The third-order valence-corrected chi connectivity index (χ3v) is 0.507. The van der Waals surface area contributed by atoms with Gasteiger partial charge in [-0.2, -0.15) is 0 Å². The molecule has 1 rings (SSSR count). The van der Waals surface area contributed by atoms with E-state index in [1.54, 1.807) is 0 Å². The molecule has 0 saturated carbocycles. The smallest absolute Gasteiger partial charge is 1.00 e. The van der Waals surface area contributed by atoms with E-state index in [0.717, 1.165) is 13.1 Å². The van der Waals surface area contributed by atoms with E-state index < -0.39 is 0 Å². The summed E-state index contributed by atoms with van der Waals surface area (Å²) in [5.41, 5.74) is 0. The molecule has 0 aromatic heterocycles. The van der Waals surface area contributed by atoms with E-state index in [0.29, 0.717) is 0 Å². The zero-order valence-corrected chi connectivity index (χ0v) is 6.95. The van der Waals surface area contributed by atoms with Gasteiger partial charge in [-0.25, -0.2) is 0 Å². The van der Waals surface area contributed by atoms with Crippen LogP contribution < -0.4 is 22.3 Å². The molecule has 0 saturated heterocycles. The normalized spacial score (nSPS) is 13.7. The molecule has 0 atom stereocenters. The quantitative estimate of drug-likeness (QED) is 0.294. The first-order valence-electron chi connectivity index (χ1n) is 1.64. The van der Waals surface area contributed by atoms with Gasteiger partial charge in [-0.15, -0.1) is 0 Å². The van der Waals surface area contributed by atoms with Gasteiger partial charge >= 0.3 is 23.1 Å². The van der Waals surface area contributed by atoms with Crippen molar-refractivity contribution in [1.29, 1.82) is 0 Å². The second kappa shape index (κ2) is 6.72. The largest absolute Gasteiger partial charge is 2.00 e. The zero-order valence-electron chi connectivity index (χ0n) is 3.95. The minimum absolute atomic E-state index is 0. The van der Waals surface area contributed by atoms with E-state index in [2.05, 4.69) is 16.6 Å². The Labute approximate surface area is 69.7 Å². The molecule has 0 fully saturated rings. The topological polar surface area (TPSA) is 24.4 Å². The minimum Gasteiger partial charge on any atom is -1.00 e. The van der Waals surface area contributed by atoms with Crippen molar-refractivity contribution in [2.45, 2.75) is 0 Å². The molecule has 0 aromatic carbocycles. The third-order valence-electron chi connectivity index (χ3n) is 0.507. The summed E-state index contributed by atoms with van der Waals surface area (Å²) in [7, 11) is 0. The van der Waals surface area contributed by atoms with Crippen LogP contribution in [0.2, 0.25) is 0 Å². The minimum atomic E-state index is 0. The molecule has 1 heterocycles. The van der Waals surface area contributed by atoms with Crippen LogP contribution in [-0.4, -0.2) is 42.5 Å². The van der Waals surface area contributed by atoms with Crippen LogP contribution in [0, 0.1) is 0 Å². The van der Waals surface area contributed by atoms with Crippen LogP contribution in [-0.2, 0) is 0 Å². The summed E-state index contributed by atoms with van der Waals surface area (Å²) in [4.78, 5) is 3.72. The van der Waals surface area contributed by atoms with Crippen molar-refractivity contribution in [2.75, 3.05) is 13.1 Å². The van der Waals surface area contributed by atoms with E-state index in [9.17, 15) is 0 Å². The molecule has 2 nitrogen and oxygen atoms in total. The maximum absolute atomic E-state index is 3.72. The summed E-state index contributed by atoms with van der Waals surface area (Å²) in [6.07, 6.45) is 2.60. The Balaban J connectivity index is 0. The fourth-order valence-electron chi connectivity index (χ4n) is 0.280. The van der Waals surface area contributed by atoms with Crippen LogP contribution in [0.25, 0.3) is 0 Å². The maximum Gasteiger partial charge on any atom is 2.00 e. The van der Waals surface area contributed by atoms with Crippen LogP contribution in [0.3, 0.4) is 0 Å². The molecule has 1 aliphatic heterocycles. The van der Waals surface area contributed by atoms with E-state index in [-0.39, 0.29) is 40.0 Å². The molecular weight excluding hydrogens is 168 g/mol. The molecule has 0 unspecified atom stereocenters. The molecule has 1 N–H and O–H groups in total. The van der Waals surface area contributed by atoms with Crippen molar-refractivity contribution in [2.24, 2.45) is 4.99 Å². The molecule has 0 radical (unpaired) electrons. The number of nitrogens with zero attached hydrogens (tertiary/aromatic N) is 1. The number of nitrogens with one attached hydrogen (secondary N) is 1. The Morgan fingerprint density at radius 3 is 2.43 bits per heavy atom. The summed E-state index contributed by atoms with van der Waals surface area (Å²) in [5, 5.41) is 2.81. The molecule has 0 aromatic rings.